The van der Waals surface area contributed by atoms with Crippen molar-refractivity contribution in [2.24, 2.45) is 0 Å². The molecule has 8 aromatic carbocycles. The number of fused-ring (bicyclic) bond motifs is 3. The first-order valence-corrected chi connectivity index (χ1v) is 18.5. The van der Waals surface area contributed by atoms with Crippen LogP contribution in [0.4, 0.5) is 0 Å². The molecule has 1 atom stereocenters. The van der Waals surface area contributed by atoms with Crippen LogP contribution in [0.1, 0.15) is 48.9 Å². The van der Waals surface area contributed by atoms with Gasteiger partial charge in [-0.05, 0) is 123 Å². The van der Waals surface area contributed by atoms with Crippen molar-refractivity contribution in [1.82, 2.24) is 4.98 Å². The Morgan fingerprint density at radius 1 is 0.500 bits per heavy atom. The molecule has 1 aromatic heterocycles. The summed E-state index contributed by atoms with van der Waals surface area (Å²) in [7, 11) is 0. The molecule has 1 aliphatic rings. The lowest BCUT2D eigenvalue weighted by Gasteiger charge is -2.28. The number of hydrogen-bond donors (Lipinski definition) is 0. The fourth-order valence-electron chi connectivity index (χ4n) is 8.76. The van der Waals surface area contributed by atoms with Crippen LogP contribution in [0, 0.1) is 0 Å². The summed E-state index contributed by atoms with van der Waals surface area (Å²) in [4.78, 5) is 4.36. The zero-order valence-corrected chi connectivity index (χ0v) is 29.8. The van der Waals surface area contributed by atoms with E-state index in [9.17, 15) is 0 Å². The minimum Gasteiger partial charge on any atom is -0.264 e. The molecule has 10 rings (SSSR count). The van der Waals surface area contributed by atoms with Crippen LogP contribution in [0.2, 0.25) is 0 Å². The number of benzene rings is 8. The van der Waals surface area contributed by atoms with Gasteiger partial charge in [0.15, 0.2) is 0 Å². The van der Waals surface area contributed by atoms with Gasteiger partial charge in [-0.15, -0.1) is 0 Å². The van der Waals surface area contributed by atoms with Gasteiger partial charge >= 0.3 is 0 Å². The van der Waals surface area contributed by atoms with Crippen molar-refractivity contribution in [3.05, 3.63) is 186 Å². The van der Waals surface area contributed by atoms with Gasteiger partial charge in [-0.1, -0.05) is 160 Å². The largest absolute Gasteiger partial charge is 0.264 e. The average Bonchev–Trinajstić information content (AvgIpc) is 3.19. The molecule has 0 aliphatic heterocycles. The molecule has 0 saturated carbocycles. The molecule has 1 heterocycles. The Balaban J connectivity index is 1.19. The molecule has 0 N–H and O–H groups in total. The molecule has 0 bridgehead atoms. The minimum absolute atomic E-state index is 0.0650. The lowest BCUT2D eigenvalue weighted by atomic mass is 9.75. The lowest BCUT2D eigenvalue weighted by Crippen LogP contribution is -2.12. The number of aromatic nitrogens is 1. The Morgan fingerprint density at radius 2 is 1.17 bits per heavy atom. The quantitative estimate of drug-likeness (QED) is 0.171. The molecule has 0 radical (unpaired) electrons. The Morgan fingerprint density at radius 3 is 1.90 bits per heavy atom. The van der Waals surface area contributed by atoms with Crippen LogP contribution in [-0.2, 0) is 11.8 Å². The molecule has 1 aliphatic carbocycles. The zero-order chi connectivity index (χ0) is 35.0. The van der Waals surface area contributed by atoms with Gasteiger partial charge in [0, 0.05) is 18.3 Å². The highest BCUT2D eigenvalue weighted by atomic mass is 14.6. The first-order valence-electron chi connectivity index (χ1n) is 18.5. The van der Waals surface area contributed by atoms with E-state index < -0.39 is 0 Å². The molecule has 9 aromatic rings. The van der Waals surface area contributed by atoms with Gasteiger partial charge in [-0.25, -0.2) is 0 Å². The normalized spacial score (nSPS) is 14.2. The molecule has 0 spiro atoms. The summed E-state index contributed by atoms with van der Waals surface area (Å²) in [6.45, 7) is 6.92. The summed E-state index contributed by atoms with van der Waals surface area (Å²) < 4.78 is 0. The van der Waals surface area contributed by atoms with Crippen LogP contribution in [0.25, 0.3) is 76.8 Å². The number of pyridine rings is 1. The Bertz CT molecular complexity index is 2760. The minimum atomic E-state index is 0.0650. The van der Waals surface area contributed by atoms with Crippen LogP contribution < -0.4 is 0 Å². The van der Waals surface area contributed by atoms with Crippen LogP contribution in [-0.4, -0.2) is 4.98 Å². The Hall–Kier alpha value is -6.05. The van der Waals surface area contributed by atoms with Crippen molar-refractivity contribution in [2.75, 3.05) is 0 Å². The van der Waals surface area contributed by atoms with Crippen molar-refractivity contribution in [3.8, 4) is 44.5 Å². The average molecular weight is 666 g/mol. The highest BCUT2D eigenvalue weighted by Gasteiger charge is 2.26. The van der Waals surface area contributed by atoms with Gasteiger partial charge in [0.05, 0.1) is 0 Å². The Labute approximate surface area is 305 Å². The SMILES string of the molecule is CC(C)(C)c1cc2ccc3c(-c4ccc(-c5cccnc5)cc4)cc(-c4cccc(C5Cc6ccccc6-c6ccccc65)c4)c4ccc(c1)c2c34. The number of hydrogen-bond acceptors (Lipinski definition) is 1. The van der Waals surface area contributed by atoms with Crippen LogP contribution in [0.15, 0.2) is 164 Å². The monoisotopic (exact) mass is 665 g/mol. The second-order valence-electron chi connectivity index (χ2n) is 15.6. The maximum atomic E-state index is 4.36. The van der Waals surface area contributed by atoms with E-state index in [2.05, 4.69) is 171 Å². The predicted octanol–water partition coefficient (Wildman–Crippen LogP) is 13.6. The summed E-state index contributed by atoms with van der Waals surface area (Å²) in [6.07, 6.45) is 4.76. The van der Waals surface area contributed by atoms with Gasteiger partial charge < -0.3 is 0 Å². The summed E-state index contributed by atoms with van der Waals surface area (Å²) in [5.41, 5.74) is 15.7. The third kappa shape index (κ3) is 4.95. The molecule has 0 fully saturated rings. The maximum absolute atomic E-state index is 4.36. The van der Waals surface area contributed by atoms with Gasteiger partial charge in [0.2, 0.25) is 0 Å². The van der Waals surface area contributed by atoms with Crippen LogP contribution in [0.5, 0.6) is 0 Å². The summed E-state index contributed by atoms with van der Waals surface area (Å²) in [5, 5.41) is 7.92. The van der Waals surface area contributed by atoms with E-state index in [0.29, 0.717) is 5.92 Å². The molecular weight excluding hydrogens is 627 g/mol. The molecule has 248 valence electrons. The Kier molecular flexibility index (Phi) is 6.95. The summed E-state index contributed by atoms with van der Waals surface area (Å²) >= 11 is 0. The lowest BCUT2D eigenvalue weighted by molar-refractivity contribution is 0.591. The second-order valence-corrected chi connectivity index (χ2v) is 15.6. The standard InChI is InChI=1S/C51H39N/c1-51(2,3)40-27-37-21-23-44-47(33-19-17-32(18-20-33)39-13-9-25-52-31-39)30-48(45-24-22-38(28-40)49(37)50(44)45)35-12-8-11-34(26-35)46-29-36-10-4-5-14-41(36)42-15-6-7-16-43(42)46/h4-28,30-31,46H,29H2,1-3H3. The topological polar surface area (TPSA) is 12.9 Å². The molecule has 0 amide bonds. The zero-order valence-electron chi connectivity index (χ0n) is 29.8. The third-order valence-corrected chi connectivity index (χ3v) is 11.4. The second kappa shape index (κ2) is 11.8. The highest BCUT2D eigenvalue weighted by Crippen LogP contribution is 2.47. The van der Waals surface area contributed by atoms with Crippen LogP contribution >= 0.6 is 0 Å². The molecular formula is C51H39N. The van der Waals surface area contributed by atoms with Gasteiger partial charge in [-0.2, -0.15) is 0 Å². The molecule has 0 saturated heterocycles. The fourth-order valence-corrected chi connectivity index (χ4v) is 8.76. The van der Waals surface area contributed by atoms with Gasteiger partial charge in [0.25, 0.3) is 0 Å². The van der Waals surface area contributed by atoms with Crippen molar-refractivity contribution in [2.45, 2.75) is 38.5 Å². The molecule has 52 heavy (non-hydrogen) atoms. The highest BCUT2D eigenvalue weighted by molar-refractivity contribution is 6.28. The van der Waals surface area contributed by atoms with Gasteiger partial charge in [-0.3, -0.25) is 4.98 Å². The van der Waals surface area contributed by atoms with Crippen molar-refractivity contribution in [3.63, 3.8) is 0 Å². The van der Waals surface area contributed by atoms with E-state index in [4.69, 9.17) is 0 Å². The van der Waals surface area contributed by atoms with E-state index in [-0.39, 0.29) is 5.41 Å². The van der Waals surface area contributed by atoms with E-state index in [1.54, 1.807) is 0 Å². The molecule has 1 nitrogen and oxygen atoms in total. The van der Waals surface area contributed by atoms with E-state index in [1.807, 2.05) is 18.5 Å². The van der Waals surface area contributed by atoms with E-state index >= 15 is 0 Å². The van der Waals surface area contributed by atoms with Gasteiger partial charge in [0.1, 0.15) is 0 Å². The molecule has 1 unspecified atom stereocenters. The summed E-state index contributed by atoms with van der Waals surface area (Å²) in [6, 6.07) is 57.2. The first-order chi connectivity index (χ1) is 25.4. The first kappa shape index (κ1) is 30.7. The van der Waals surface area contributed by atoms with E-state index in [0.717, 1.165) is 12.0 Å². The summed E-state index contributed by atoms with van der Waals surface area (Å²) in [5.74, 6) is 0.293. The third-order valence-electron chi connectivity index (χ3n) is 11.4. The fraction of sp³-hybridized carbons (Fsp3) is 0.118. The van der Waals surface area contributed by atoms with Crippen molar-refractivity contribution >= 4 is 32.3 Å². The molecule has 1 heteroatoms. The number of rotatable bonds is 4. The smallest absolute Gasteiger partial charge is 0.0346 e. The van der Waals surface area contributed by atoms with E-state index in [1.165, 1.54) is 93.5 Å². The van der Waals surface area contributed by atoms with Crippen molar-refractivity contribution < 1.29 is 0 Å². The van der Waals surface area contributed by atoms with Crippen LogP contribution in [0.3, 0.4) is 0 Å². The number of nitrogens with zero attached hydrogens (tertiary/aromatic N) is 1. The predicted molar refractivity (Wildman–Crippen MR) is 220 cm³/mol. The van der Waals surface area contributed by atoms with Crippen molar-refractivity contribution in [1.29, 1.82) is 0 Å². The maximum Gasteiger partial charge on any atom is 0.0346 e.